The van der Waals surface area contributed by atoms with Crippen LogP contribution in [-0.2, 0) is 14.3 Å². The summed E-state index contributed by atoms with van der Waals surface area (Å²) < 4.78 is 5.19. The number of nitrogens with zero attached hydrogens (tertiary/aromatic N) is 1. The number of ether oxygens (including phenoxy) is 1. The predicted molar refractivity (Wildman–Crippen MR) is 89.7 cm³/mol. The number of hydrogen-bond donors (Lipinski definition) is 2. The Hall–Kier alpha value is -2.74. The van der Waals surface area contributed by atoms with Crippen LogP contribution in [-0.4, -0.2) is 60.0 Å². The summed E-state index contributed by atoms with van der Waals surface area (Å²) in [6, 6.07) is 4.93. The van der Waals surface area contributed by atoms with Crippen LogP contribution in [0.1, 0.15) is 39.1 Å². The minimum atomic E-state index is -1.08. The van der Waals surface area contributed by atoms with E-state index in [1.807, 2.05) is 6.92 Å². The Kier molecular flexibility index (Phi) is 4.78. The van der Waals surface area contributed by atoms with E-state index in [9.17, 15) is 24.3 Å². The number of aliphatic carboxylic acids is 1. The minimum Gasteiger partial charge on any atom is -0.481 e. The van der Waals surface area contributed by atoms with E-state index in [2.05, 4.69) is 5.32 Å². The Morgan fingerprint density at radius 1 is 1.19 bits per heavy atom. The number of aryl methyl sites for hydroxylation is 1. The second-order valence-corrected chi connectivity index (χ2v) is 6.72. The van der Waals surface area contributed by atoms with Crippen LogP contribution >= 0.6 is 0 Å². The van der Waals surface area contributed by atoms with E-state index in [-0.39, 0.29) is 17.7 Å². The molecule has 2 N–H and O–H groups in total. The van der Waals surface area contributed by atoms with Gasteiger partial charge in [-0.1, -0.05) is 11.6 Å². The van der Waals surface area contributed by atoms with Gasteiger partial charge < -0.3 is 15.2 Å². The molecule has 0 atom stereocenters. The molecule has 1 aromatic carbocycles. The Labute approximate surface area is 150 Å². The molecule has 0 saturated carbocycles. The van der Waals surface area contributed by atoms with Crippen molar-refractivity contribution in [2.24, 2.45) is 5.41 Å². The highest BCUT2D eigenvalue weighted by atomic mass is 16.5. The van der Waals surface area contributed by atoms with Crippen LogP contribution in [0.4, 0.5) is 0 Å². The van der Waals surface area contributed by atoms with Gasteiger partial charge in [-0.15, -0.1) is 0 Å². The molecule has 0 spiro atoms. The maximum absolute atomic E-state index is 12.4. The number of carboxylic acids is 1. The van der Waals surface area contributed by atoms with Gasteiger partial charge in [-0.3, -0.25) is 24.1 Å². The Morgan fingerprint density at radius 3 is 2.50 bits per heavy atom. The second kappa shape index (κ2) is 6.87. The van der Waals surface area contributed by atoms with Crippen LogP contribution in [0.3, 0.4) is 0 Å². The number of imide groups is 1. The van der Waals surface area contributed by atoms with Crippen molar-refractivity contribution >= 4 is 23.7 Å². The van der Waals surface area contributed by atoms with Crippen LogP contribution in [0.25, 0.3) is 0 Å². The number of carbonyl (C=O) groups excluding carboxylic acids is 3. The molecule has 1 saturated heterocycles. The summed E-state index contributed by atoms with van der Waals surface area (Å²) in [6.45, 7) is 1.96. The fourth-order valence-electron chi connectivity index (χ4n) is 3.24. The van der Waals surface area contributed by atoms with Crippen molar-refractivity contribution in [1.82, 2.24) is 10.2 Å². The zero-order valence-electron chi connectivity index (χ0n) is 14.4. The summed E-state index contributed by atoms with van der Waals surface area (Å²) in [5, 5.41) is 12.0. The van der Waals surface area contributed by atoms with Gasteiger partial charge in [-0.05, 0) is 31.9 Å². The number of fused-ring (bicyclic) bond motifs is 1. The van der Waals surface area contributed by atoms with Crippen LogP contribution < -0.4 is 5.32 Å². The van der Waals surface area contributed by atoms with Crippen molar-refractivity contribution in [3.63, 3.8) is 0 Å². The van der Waals surface area contributed by atoms with E-state index < -0.39 is 35.7 Å². The molecule has 8 heteroatoms. The second-order valence-electron chi connectivity index (χ2n) is 6.72. The number of carboxylic acid groups (broad SMARTS) is 1. The Bertz CT molecular complexity index is 782. The van der Waals surface area contributed by atoms with Gasteiger partial charge in [0.05, 0.1) is 16.5 Å². The lowest BCUT2D eigenvalue weighted by atomic mass is 9.80. The normalized spacial score (nSPS) is 18.6. The largest absolute Gasteiger partial charge is 0.481 e. The average Bonchev–Trinajstić information content (AvgIpc) is 2.85. The summed E-state index contributed by atoms with van der Waals surface area (Å²) in [5.41, 5.74) is 0.334. The first-order chi connectivity index (χ1) is 12.3. The molecule has 0 unspecified atom stereocenters. The van der Waals surface area contributed by atoms with Crippen LogP contribution in [0, 0.1) is 12.3 Å². The highest BCUT2D eigenvalue weighted by molar-refractivity contribution is 6.22. The van der Waals surface area contributed by atoms with Gasteiger partial charge >= 0.3 is 5.97 Å². The first kappa shape index (κ1) is 18.1. The standard InChI is InChI=1S/C18H20N2O6/c1-11-2-3-12-13(8-11)16(23)20(15(12)22)9-14(21)19-10-18(17(24)25)4-6-26-7-5-18/h2-3,8H,4-7,9-10H2,1H3,(H,19,21)(H,24,25). The highest BCUT2D eigenvalue weighted by Gasteiger charge is 2.41. The monoisotopic (exact) mass is 360 g/mol. The number of hydrogen-bond acceptors (Lipinski definition) is 5. The summed E-state index contributed by atoms with van der Waals surface area (Å²) in [7, 11) is 0. The number of carbonyl (C=O) groups is 4. The van der Waals surface area contributed by atoms with E-state index in [0.717, 1.165) is 10.5 Å². The summed E-state index contributed by atoms with van der Waals surface area (Å²) >= 11 is 0. The SMILES string of the molecule is Cc1ccc2c(c1)C(=O)N(CC(=O)NCC1(C(=O)O)CCOCC1)C2=O. The molecule has 2 heterocycles. The van der Waals surface area contributed by atoms with E-state index in [1.165, 1.54) is 0 Å². The van der Waals surface area contributed by atoms with Gasteiger partial charge in [-0.2, -0.15) is 0 Å². The fourth-order valence-corrected chi connectivity index (χ4v) is 3.24. The Balaban J connectivity index is 1.65. The van der Waals surface area contributed by atoms with Crippen LogP contribution in [0.15, 0.2) is 18.2 Å². The van der Waals surface area contributed by atoms with E-state index in [1.54, 1.807) is 18.2 Å². The third-order valence-electron chi connectivity index (χ3n) is 4.96. The molecule has 1 aromatic rings. The zero-order valence-corrected chi connectivity index (χ0v) is 14.4. The molecular weight excluding hydrogens is 340 g/mol. The molecule has 2 aliphatic heterocycles. The van der Waals surface area contributed by atoms with Crippen LogP contribution in [0.2, 0.25) is 0 Å². The number of amides is 3. The summed E-state index contributed by atoms with van der Waals surface area (Å²) in [4.78, 5) is 49.4. The molecule has 0 radical (unpaired) electrons. The maximum atomic E-state index is 12.4. The highest BCUT2D eigenvalue weighted by Crippen LogP contribution is 2.30. The van der Waals surface area contributed by atoms with E-state index in [0.29, 0.717) is 26.1 Å². The number of benzene rings is 1. The lowest BCUT2D eigenvalue weighted by Crippen LogP contribution is -2.49. The summed E-state index contributed by atoms with van der Waals surface area (Å²) in [5.74, 6) is -2.58. The van der Waals surface area contributed by atoms with Gasteiger partial charge in [0.25, 0.3) is 11.8 Å². The molecule has 26 heavy (non-hydrogen) atoms. The smallest absolute Gasteiger partial charge is 0.311 e. The van der Waals surface area contributed by atoms with Crippen LogP contribution in [0.5, 0.6) is 0 Å². The van der Waals surface area contributed by atoms with Crippen molar-refractivity contribution < 1.29 is 29.0 Å². The molecule has 0 bridgehead atoms. The number of nitrogens with one attached hydrogen (secondary N) is 1. The molecular formula is C18H20N2O6. The quantitative estimate of drug-likeness (QED) is 0.743. The third kappa shape index (κ3) is 3.20. The van der Waals surface area contributed by atoms with E-state index in [4.69, 9.17) is 4.74 Å². The lowest BCUT2D eigenvalue weighted by Gasteiger charge is -2.33. The molecule has 138 valence electrons. The molecule has 1 fully saturated rings. The predicted octanol–water partition coefficient (Wildman–Crippen LogP) is 0.589. The van der Waals surface area contributed by atoms with Gasteiger partial charge in [0.15, 0.2) is 0 Å². The van der Waals surface area contributed by atoms with Crippen molar-refractivity contribution in [1.29, 1.82) is 0 Å². The first-order valence-electron chi connectivity index (χ1n) is 8.39. The Morgan fingerprint density at radius 2 is 1.85 bits per heavy atom. The zero-order chi connectivity index (χ0) is 18.9. The minimum absolute atomic E-state index is 0.0627. The van der Waals surface area contributed by atoms with Gasteiger partial charge in [0.1, 0.15) is 6.54 Å². The third-order valence-corrected chi connectivity index (χ3v) is 4.96. The molecule has 2 aliphatic rings. The van der Waals surface area contributed by atoms with Crippen molar-refractivity contribution in [2.45, 2.75) is 19.8 Å². The molecule has 3 rings (SSSR count). The molecule has 3 amide bonds. The lowest BCUT2D eigenvalue weighted by molar-refractivity contribution is -0.154. The summed E-state index contributed by atoms with van der Waals surface area (Å²) in [6.07, 6.45) is 0.601. The number of rotatable bonds is 5. The topological polar surface area (TPSA) is 113 Å². The average molecular weight is 360 g/mol. The van der Waals surface area contributed by atoms with Gasteiger partial charge in [0, 0.05) is 19.8 Å². The molecule has 8 nitrogen and oxygen atoms in total. The van der Waals surface area contributed by atoms with Crippen molar-refractivity contribution in [3.05, 3.63) is 34.9 Å². The van der Waals surface area contributed by atoms with Crippen molar-refractivity contribution in [3.8, 4) is 0 Å². The maximum Gasteiger partial charge on any atom is 0.311 e. The first-order valence-corrected chi connectivity index (χ1v) is 8.39. The van der Waals surface area contributed by atoms with Gasteiger partial charge in [0.2, 0.25) is 5.91 Å². The fraction of sp³-hybridized carbons (Fsp3) is 0.444. The van der Waals surface area contributed by atoms with Gasteiger partial charge in [-0.25, -0.2) is 0 Å². The van der Waals surface area contributed by atoms with E-state index >= 15 is 0 Å². The molecule has 0 aromatic heterocycles. The van der Waals surface area contributed by atoms with Crippen molar-refractivity contribution in [2.75, 3.05) is 26.3 Å². The molecule has 0 aliphatic carbocycles.